The van der Waals surface area contributed by atoms with Crippen LogP contribution in [0.25, 0.3) is 11.3 Å². The zero-order valence-corrected chi connectivity index (χ0v) is 13.0. The monoisotopic (exact) mass is 285 g/mol. The van der Waals surface area contributed by atoms with Crippen molar-refractivity contribution in [2.45, 2.75) is 52.2 Å². The number of ether oxygens (including phenoxy) is 1. The smallest absolute Gasteiger partial charge is 0.131 e. The van der Waals surface area contributed by atoms with E-state index in [1.54, 1.807) is 0 Å². The van der Waals surface area contributed by atoms with Crippen molar-refractivity contribution in [3.63, 3.8) is 0 Å². The average molecular weight is 285 g/mol. The van der Waals surface area contributed by atoms with Crippen LogP contribution in [0.1, 0.15) is 45.5 Å². The molecule has 1 aromatic carbocycles. The van der Waals surface area contributed by atoms with Crippen molar-refractivity contribution < 1.29 is 4.74 Å². The fourth-order valence-corrected chi connectivity index (χ4v) is 3.02. The first-order valence-corrected chi connectivity index (χ1v) is 7.70. The van der Waals surface area contributed by atoms with E-state index < -0.39 is 0 Å². The fourth-order valence-electron chi connectivity index (χ4n) is 3.02. The molecule has 3 rings (SSSR count). The number of aromatic nitrogens is 2. The minimum absolute atomic E-state index is 0.182. The molecule has 4 nitrogen and oxygen atoms in total. The maximum Gasteiger partial charge on any atom is 0.131 e. The highest BCUT2D eigenvalue weighted by atomic mass is 16.5. The topological polar surface area (TPSA) is 53.1 Å². The third-order valence-corrected chi connectivity index (χ3v) is 3.98. The number of rotatable bonds is 3. The van der Waals surface area contributed by atoms with Gasteiger partial charge in [-0.2, -0.15) is 0 Å². The molecule has 0 bridgehead atoms. The number of nitrogens with zero attached hydrogens (tertiary/aromatic N) is 2. The van der Waals surface area contributed by atoms with Crippen LogP contribution in [0, 0.1) is 0 Å². The molecule has 1 unspecified atom stereocenters. The average Bonchev–Trinajstić information content (AvgIpc) is 2.78. The molecule has 0 aliphatic carbocycles. The van der Waals surface area contributed by atoms with Crippen LogP contribution < -0.4 is 10.5 Å². The molecule has 112 valence electrons. The zero-order valence-electron chi connectivity index (χ0n) is 13.0. The van der Waals surface area contributed by atoms with Crippen LogP contribution in [0.5, 0.6) is 5.75 Å². The summed E-state index contributed by atoms with van der Waals surface area (Å²) in [7, 11) is 0. The van der Waals surface area contributed by atoms with Crippen molar-refractivity contribution in [1.82, 2.24) is 9.55 Å². The third-order valence-electron chi connectivity index (χ3n) is 3.98. The Morgan fingerprint density at radius 3 is 2.62 bits per heavy atom. The molecule has 0 saturated carbocycles. The van der Waals surface area contributed by atoms with Gasteiger partial charge >= 0.3 is 0 Å². The van der Waals surface area contributed by atoms with E-state index in [1.165, 1.54) is 12.8 Å². The Bertz CT molecular complexity index is 628. The number of aryl methyl sites for hydroxylation is 1. The quantitative estimate of drug-likeness (QED) is 0.932. The van der Waals surface area contributed by atoms with Gasteiger partial charge in [-0.05, 0) is 57.9 Å². The Hall–Kier alpha value is -1.97. The minimum Gasteiger partial charge on any atom is -0.491 e. The molecule has 0 spiro atoms. The zero-order chi connectivity index (χ0) is 15.0. The molecule has 0 saturated heterocycles. The Morgan fingerprint density at radius 1 is 1.29 bits per heavy atom. The number of hydrogen-bond acceptors (Lipinski definition) is 3. The fraction of sp³-hybridized carbons (Fsp3) is 0.471. The highest BCUT2D eigenvalue weighted by Gasteiger charge is 2.23. The van der Waals surface area contributed by atoms with E-state index in [4.69, 9.17) is 15.5 Å². The second-order valence-electron chi connectivity index (χ2n) is 6.06. The van der Waals surface area contributed by atoms with Crippen molar-refractivity contribution >= 4 is 5.82 Å². The molecule has 2 N–H and O–H groups in total. The van der Waals surface area contributed by atoms with E-state index in [2.05, 4.69) is 11.5 Å². The lowest BCUT2D eigenvalue weighted by molar-refractivity contribution is 0.242. The number of fused-ring (bicyclic) bond motifs is 1. The van der Waals surface area contributed by atoms with Crippen LogP contribution in [0.2, 0.25) is 0 Å². The summed E-state index contributed by atoms with van der Waals surface area (Å²) in [5, 5.41) is 0. The lowest BCUT2D eigenvalue weighted by Crippen LogP contribution is -2.16. The predicted molar refractivity (Wildman–Crippen MR) is 85.5 cm³/mol. The van der Waals surface area contributed by atoms with Crippen LogP contribution >= 0.6 is 0 Å². The summed E-state index contributed by atoms with van der Waals surface area (Å²) >= 11 is 0. The first-order valence-electron chi connectivity index (χ1n) is 7.70. The Morgan fingerprint density at radius 2 is 2.00 bits per heavy atom. The maximum atomic E-state index is 6.33. The van der Waals surface area contributed by atoms with Crippen molar-refractivity contribution in [3.8, 4) is 17.0 Å². The van der Waals surface area contributed by atoms with Gasteiger partial charge in [0, 0.05) is 18.0 Å². The summed E-state index contributed by atoms with van der Waals surface area (Å²) in [4.78, 5) is 4.76. The van der Waals surface area contributed by atoms with Crippen molar-refractivity contribution in [1.29, 1.82) is 0 Å². The van der Waals surface area contributed by atoms with E-state index in [0.717, 1.165) is 35.1 Å². The number of nitrogen functional groups attached to an aromatic ring is 1. The van der Waals surface area contributed by atoms with Crippen LogP contribution in [0.3, 0.4) is 0 Å². The van der Waals surface area contributed by atoms with Gasteiger partial charge in [-0.15, -0.1) is 0 Å². The Kier molecular flexibility index (Phi) is 3.62. The summed E-state index contributed by atoms with van der Waals surface area (Å²) in [5.74, 6) is 2.78. The van der Waals surface area contributed by atoms with Crippen molar-refractivity contribution in [2.24, 2.45) is 0 Å². The molecule has 1 atom stereocenters. The number of anilines is 1. The maximum absolute atomic E-state index is 6.33. The summed E-state index contributed by atoms with van der Waals surface area (Å²) in [6.07, 6.45) is 3.57. The molecule has 0 radical (unpaired) electrons. The summed E-state index contributed by atoms with van der Waals surface area (Å²) in [6.45, 7) is 6.26. The second-order valence-corrected chi connectivity index (χ2v) is 6.06. The van der Waals surface area contributed by atoms with Gasteiger partial charge in [0.05, 0.1) is 6.10 Å². The SMILES string of the molecule is CC(C)Oc1ccc(-c2nc3n(c2N)C(C)CCC3)cc1. The lowest BCUT2D eigenvalue weighted by Gasteiger charge is -2.22. The summed E-state index contributed by atoms with van der Waals surface area (Å²) in [6, 6.07) is 8.48. The normalized spacial score (nSPS) is 17.8. The van der Waals surface area contributed by atoms with Gasteiger partial charge in [0.1, 0.15) is 23.1 Å². The molecular weight excluding hydrogens is 262 g/mol. The van der Waals surface area contributed by atoms with Crippen LogP contribution in [-0.4, -0.2) is 15.7 Å². The number of nitrogens with two attached hydrogens (primary N) is 1. The Labute approximate surface area is 125 Å². The van der Waals surface area contributed by atoms with E-state index in [-0.39, 0.29) is 6.10 Å². The first-order chi connectivity index (χ1) is 10.1. The van der Waals surface area contributed by atoms with Crippen molar-refractivity contribution in [2.75, 3.05) is 5.73 Å². The molecule has 1 aliphatic rings. The minimum atomic E-state index is 0.182. The number of imidazole rings is 1. The summed E-state index contributed by atoms with van der Waals surface area (Å²) < 4.78 is 7.87. The molecular formula is C17H23N3O. The number of hydrogen-bond donors (Lipinski definition) is 1. The highest BCUT2D eigenvalue weighted by Crippen LogP contribution is 2.34. The van der Waals surface area contributed by atoms with Crippen LogP contribution in [0.15, 0.2) is 24.3 Å². The van der Waals surface area contributed by atoms with Gasteiger partial charge in [0.25, 0.3) is 0 Å². The van der Waals surface area contributed by atoms with Gasteiger partial charge in [0.15, 0.2) is 0 Å². The second kappa shape index (κ2) is 5.43. The lowest BCUT2D eigenvalue weighted by atomic mass is 10.1. The molecule has 1 aromatic heterocycles. The molecule has 2 aromatic rings. The van der Waals surface area contributed by atoms with Gasteiger partial charge in [-0.3, -0.25) is 0 Å². The van der Waals surface area contributed by atoms with Crippen molar-refractivity contribution in [3.05, 3.63) is 30.1 Å². The van der Waals surface area contributed by atoms with Crippen LogP contribution in [-0.2, 0) is 6.42 Å². The summed E-state index contributed by atoms with van der Waals surface area (Å²) in [5.41, 5.74) is 8.29. The van der Waals surface area contributed by atoms with E-state index in [1.807, 2.05) is 38.1 Å². The van der Waals surface area contributed by atoms with Gasteiger partial charge < -0.3 is 15.0 Å². The molecule has 4 heteroatoms. The molecule has 1 aliphatic heterocycles. The molecule has 0 amide bonds. The van der Waals surface area contributed by atoms with E-state index in [9.17, 15) is 0 Å². The molecule has 0 fully saturated rings. The Balaban J connectivity index is 1.94. The first kappa shape index (κ1) is 14.0. The standard InChI is InChI=1S/C17H23N3O/c1-11(2)21-14-9-7-13(8-10-14)16-17(18)20-12(3)5-4-6-15(20)19-16/h7-12H,4-6,18H2,1-3H3. The van der Waals surface area contributed by atoms with E-state index >= 15 is 0 Å². The third kappa shape index (κ3) is 2.62. The van der Waals surface area contributed by atoms with Gasteiger partial charge in [0.2, 0.25) is 0 Å². The molecule has 2 heterocycles. The largest absolute Gasteiger partial charge is 0.491 e. The number of benzene rings is 1. The highest BCUT2D eigenvalue weighted by molar-refractivity contribution is 5.71. The van der Waals surface area contributed by atoms with Gasteiger partial charge in [-0.25, -0.2) is 4.98 Å². The predicted octanol–water partition coefficient (Wildman–Crippen LogP) is 3.82. The van der Waals surface area contributed by atoms with Crippen LogP contribution in [0.4, 0.5) is 5.82 Å². The van der Waals surface area contributed by atoms with E-state index in [0.29, 0.717) is 6.04 Å². The molecule has 21 heavy (non-hydrogen) atoms. The van der Waals surface area contributed by atoms with Gasteiger partial charge in [-0.1, -0.05) is 0 Å².